The largest absolute Gasteiger partial charge is 0.480 e. The van der Waals surface area contributed by atoms with Crippen molar-refractivity contribution in [3.8, 4) is 0 Å². The molecule has 4 heteroatoms. The van der Waals surface area contributed by atoms with E-state index in [1.807, 2.05) is 13.8 Å². The minimum absolute atomic E-state index is 0.0747. The van der Waals surface area contributed by atoms with Gasteiger partial charge in [-0.25, -0.2) is 4.79 Å². The van der Waals surface area contributed by atoms with Crippen LogP contribution in [0.1, 0.15) is 13.8 Å². The van der Waals surface area contributed by atoms with Crippen LogP contribution in [0, 0.1) is 5.92 Å². The number of hydrogen-bond donors (Lipinski definition) is 2. The summed E-state index contributed by atoms with van der Waals surface area (Å²) < 4.78 is 4.79. The van der Waals surface area contributed by atoms with Gasteiger partial charge in [0.25, 0.3) is 0 Å². The van der Waals surface area contributed by atoms with E-state index in [0.29, 0.717) is 12.5 Å². The highest BCUT2D eigenvalue weighted by Crippen LogP contribution is 1.97. The van der Waals surface area contributed by atoms with E-state index in [9.17, 15) is 4.79 Å². The van der Waals surface area contributed by atoms with Crippen LogP contribution in [-0.2, 0) is 9.53 Å². The molecule has 66 valence electrons. The van der Waals surface area contributed by atoms with Gasteiger partial charge in [-0.05, 0) is 5.92 Å². The summed E-state index contributed by atoms with van der Waals surface area (Å²) in [6, 6.07) is -0.0747. The first kappa shape index (κ1) is 10.4. The zero-order valence-electron chi connectivity index (χ0n) is 6.91. The van der Waals surface area contributed by atoms with Gasteiger partial charge in [0.1, 0.15) is 6.61 Å². The Kier molecular flexibility index (Phi) is 4.81. The van der Waals surface area contributed by atoms with E-state index < -0.39 is 5.97 Å². The van der Waals surface area contributed by atoms with Crippen LogP contribution >= 0.6 is 0 Å². The fourth-order valence-corrected chi connectivity index (χ4v) is 0.475. The Morgan fingerprint density at radius 1 is 1.64 bits per heavy atom. The maximum absolute atomic E-state index is 9.98. The van der Waals surface area contributed by atoms with Gasteiger partial charge >= 0.3 is 5.97 Å². The van der Waals surface area contributed by atoms with E-state index in [4.69, 9.17) is 15.6 Å². The van der Waals surface area contributed by atoms with Crippen molar-refractivity contribution in [2.75, 3.05) is 13.2 Å². The maximum Gasteiger partial charge on any atom is 0.329 e. The molecule has 0 saturated carbocycles. The maximum atomic E-state index is 9.98. The zero-order valence-corrected chi connectivity index (χ0v) is 6.91. The Bertz CT molecular complexity index is 125. The monoisotopic (exact) mass is 161 g/mol. The molecule has 0 aromatic heterocycles. The predicted molar refractivity (Wildman–Crippen MR) is 41.3 cm³/mol. The number of aliphatic carboxylic acids is 1. The van der Waals surface area contributed by atoms with Gasteiger partial charge in [0.15, 0.2) is 0 Å². The minimum atomic E-state index is -0.957. The van der Waals surface area contributed by atoms with Gasteiger partial charge in [-0.1, -0.05) is 13.8 Å². The van der Waals surface area contributed by atoms with Crippen LogP contribution in [0.3, 0.4) is 0 Å². The second kappa shape index (κ2) is 5.09. The average molecular weight is 161 g/mol. The highest BCUT2D eigenvalue weighted by Gasteiger charge is 2.07. The van der Waals surface area contributed by atoms with E-state index in [1.165, 1.54) is 0 Å². The number of rotatable bonds is 5. The Morgan fingerprint density at radius 2 is 2.18 bits per heavy atom. The second-order valence-corrected chi connectivity index (χ2v) is 2.82. The molecule has 0 radical (unpaired) electrons. The summed E-state index contributed by atoms with van der Waals surface area (Å²) in [5, 5.41) is 8.20. The van der Waals surface area contributed by atoms with E-state index in [2.05, 4.69) is 0 Å². The smallest absolute Gasteiger partial charge is 0.329 e. The van der Waals surface area contributed by atoms with Crippen molar-refractivity contribution in [1.29, 1.82) is 0 Å². The highest BCUT2D eigenvalue weighted by atomic mass is 16.5. The van der Waals surface area contributed by atoms with Crippen molar-refractivity contribution in [2.24, 2.45) is 11.7 Å². The van der Waals surface area contributed by atoms with Crippen LogP contribution in [0.25, 0.3) is 0 Å². The van der Waals surface area contributed by atoms with Gasteiger partial charge in [-0.15, -0.1) is 0 Å². The molecule has 0 fully saturated rings. The first-order valence-electron chi connectivity index (χ1n) is 3.59. The van der Waals surface area contributed by atoms with Gasteiger partial charge < -0.3 is 15.6 Å². The lowest BCUT2D eigenvalue weighted by Gasteiger charge is -2.14. The molecule has 0 rings (SSSR count). The van der Waals surface area contributed by atoms with Crippen LogP contribution in [0.5, 0.6) is 0 Å². The number of ether oxygens (including phenoxy) is 1. The molecular formula is C7H15NO3. The fraction of sp³-hybridized carbons (Fsp3) is 0.857. The molecule has 0 unspecified atom stereocenters. The van der Waals surface area contributed by atoms with Gasteiger partial charge in [-0.2, -0.15) is 0 Å². The van der Waals surface area contributed by atoms with Crippen molar-refractivity contribution in [2.45, 2.75) is 19.9 Å². The van der Waals surface area contributed by atoms with E-state index in [-0.39, 0.29) is 12.6 Å². The second-order valence-electron chi connectivity index (χ2n) is 2.82. The van der Waals surface area contributed by atoms with Gasteiger partial charge in [0.2, 0.25) is 0 Å². The normalized spacial score (nSPS) is 13.5. The van der Waals surface area contributed by atoms with Crippen LogP contribution < -0.4 is 5.73 Å². The lowest BCUT2D eigenvalue weighted by Crippen LogP contribution is -2.32. The Hall–Kier alpha value is -0.610. The molecule has 11 heavy (non-hydrogen) atoms. The molecule has 0 aromatic carbocycles. The molecule has 0 aliphatic rings. The summed E-state index contributed by atoms with van der Waals surface area (Å²) in [7, 11) is 0. The number of carboxylic acids is 1. The van der Waals surface area contributed by atoms with Gasteiger partial charge in [0.05, 0.1) is 6.61 Å². The Labute approximate surface area is 66.3 Å². The van der Waals surface area contributed by atoms with Crippen LogP contribution in [0.15, 0.2) is 0 Å². The summed E-state index contributed by atoms with van der Waals surface area (Å²) in [4.78, 5) is 9.98. The topological polar surface area (TPSA) is 72.5 Å². The Balaban J connectivity index is 3.31. The number of carboxylic acid groups (broad SMARTS) is 1. The zero-order chi connectivity index (χ0) is 8.85. The third kappa shape index (κ3) is 5.82. The third-order valence-corrected chi connectivity index (χ3v) is 1.39. The molecule has 0 aliphatic carbocycles. The molecular weight excluding hydrogens is 146 g/mol. The number of nitrogens with two attached hydrogens (primary N) is 1. The lowest BCUT2D eigenvalue weighted by atomic mass is 10.1. The Morgan fingerprint density at radius 3 is 2.55 bits per heavy atom. The first-order valence-corrected chi connectivity index (χ1v) is 3.59. The van der Waals surface area contributed by atoms with Crippen molar-refractivity contribution in [1.82, 2.24) is 0 Å². The van der Waals surface area contributed by atoms with Crippen molar-refractivity contribution >= 4 is 5.97 Å². The highest BCUT2D eigenvalue weighted by molar-refractivity contribution is 5.67. The fourth-order valence-electron chi connectivity index (χ4n) is 0.475. The van der Waals surface area contributed by atoms with Crippen LogP contribution in [0.4, 0.5) is 0 Å². The molecule has 0 amide bonds. The summed E-state index contributed by atoms with van der Waals surface area (Å²) in [6.45, 7) is 3.98. The quantitative estimate of drug-likeness (QED) is 0.598. The molecule has 0 aliphatic heterocycles. The first-order chi connectivity index (χ1) is 5.04. The molecule has 4 nitrogen and oxygen atoms in total. The molecule has 0 aromatic rings. The van der Waals surface area contributed by atoms with E-state index in [1.54, 1.807) is 0 Å². The SMILES string of the molecule is CC(C)[C@H](N)COCC(=O)O. The van der Waals surface area contributed by atoms with Gasteiger partial charge in [-0.3, -0.25) is 0 Å². The van der Waals surface area contributed by atoms with Crippen LogP contribution in [-0.4, -0.2) is 30.3 Å². The summed E-state index contributed by atoms with van der Waals surface area (Å²) in [6.07, 6.45) is 0. The summed E-state index contributed by atoms with van der Waals surface area (Å²) >= 11 is 0. The molecule has 0 bridgehead atoms. The van der Waals surface area contributed by atoms with Gasteiger partial charge in [0, 0.05) is 6.04 Å². The standard InChI is InChI=1S/C7H15NO3/c1-5(2)6(8)3-11-4-7(9)10/h5-6H,3-4,8H2,1-2H3,(H,9,10)/t6-/m1/s1. The molecule has 0 saturated heterocycles. The van der Waals surface area contributed by atoms with Crippen LogP contribution in [0.2, 0.25) is 0 Å². The molecule has 0 heterocycles. The predicted octanol–water partition coefficient (Wildman–Crippen LogP) is 0.0709. The molecule has 0 spiro atoms. The van der Waals surface area contributed by atoms with Crippen molar-refractivity contribution < 1.29 is 14.6 Å². The van der Waals surface area contributed by atoms with Crippen molar-refractivity contribution in [3.63, 3.8) is 0 Å². The average Bonchev–Trinajstić information content (AvgIpc) is 1.86. The lowest BCUT2D eigenvalue weighted by molar-refractivity contribution is -0.142. The van der Waals surface area contributed by atoms with E-state index >= 15 is 0 Å². The minimum Gasteiger partial charge on any atom is -0.480 e. The number of hydrogen-bond acceptors (Lipinski definition) is 3. The summed E-state index contributed by atoms with van der Waals surface area (Å²) in [5.74, 6) is -0.634. The summed E-state index contributed by atoms with van der Waals surface area (Å²) in [5.41, 5.74) is 5.58. The van der Waals surface area contributed by atoms with E-state index in [0.717, 1.165) is 0 Å². The van der Waals surface area contributed by atoms with Crippen molar-refractivity contribution in [3.05, 3.63) is 0 Å². The number of carbonyl (C=O) groups is 1. The molecule has 1 atom stereocenters. The molecule has 3 N–H and O–H groups in total. The third-order valence-electron chi connectivity index (χ3n) is 1.39.